The number of benzene rings is 3. The molecule has 0 unspecified atom stereocenters. The van der Waals surface area contributed by atoms with Crippen LogP contribution in [0, 0.1) is 38.2 Å². The van der Waals surface area contributed by atoms with E-state index >= 15 is 0 Å². The second-order valence-electron chi connectivity index (χ2n) is 17.9. The fourth-order valence-corrected chi connectivity index (χ4v) is 9.27. The molecule has 22 nitrogen and oxygen atoms in total. The van der Waals surface area contributed by atoms with E-state index in [9.17, 15) is 24.6 Å². The van der Waals surface area contributed by atoms with Gasteiger partial charge in [0.25, 0.3) is 5.91 Å². The molecule has 7 rings (SSSR count). The number of nitrogens with two attached hydrogens (primary N) is 1. The predicted molar refractivity (Wildman–Crippen MR) is 289 cm³/mol. The Hall–Kier alpha value is -7.17. The first-order chi connectivity index (χ1) is 37.7. The van der Waals surface area contributed by atoms with Crippen LogP contribution >= 0.6 is 0 Å². The summed E-state index contributed by atoms with van der Waals surface area (Å²) in [5.41, 5.74) is 10.3. The molecule has 1 saturated heterocycles. The molecule has 1 aliphatic rings. The van der Waals surface area contributed by atoms with Crippen LogP contribution in [0.1, 0.15) is 48.5 Å². The maximum atomic E-state index is 13.7. The van der Waals surface area contributed by atoms with E-state index in [4.69, 9.17) is 53.3 Å². The zero-order valence-corrected chi connectivity index (χ0v) is 47.6. The molecular weight excluding hydrogens is 1170 g/mol. The number of carboxylic acid groups (broad SMARTS) is 2. The third-order valence-electron chi connectivity index (χ3n) is 13.1. The van der Waals surface area contributed by atoms with Gasteiger partial charge in [0.15, 0.2) is 0 Å². The Morgan fingerprint density at radius 2 is 0.709 bits per heavy atom. The van der Waals surface area contributed by atoms with E-state index in [1.807, 2.05) is 18.2 Å². The van der Waals surface area contributed by atoms with E-state index in [1.54, 1.807) is 49.6 Å². The first-order valence-corrected chi connectivity index (χ1v) is 24.8. The number of methoxy groups -OCH3 is 9. The van der Waals surface area contributed by atoms with Gasteiger partial charge in [-0.1, -0.05) is 0 Å². The number of nitrogens with one attached hydrogen (secondary N) is 1. The molecule has 3 aromatic heterocycles. The zero-order chi connectivity index (χ0) is 56.0. The van der Waals surface area contributed by atoms with Gasteiger partial charge in [-0.2, -0.15) is 0 Å². The monoisotopic (exact) mass is 1240 g/mol. The first kappa shape index (κ1) is 61.1. The van der Waals surface area contributed by atoms with Crippen LogP contribution < -0.4 is 53.7 Å². The number of aromatic nitrogens is 3. The topological polar surface area (TPSA) is 261 Å². The van der Waals surface area contributed by atoms with Crippen molar-refractivity contribution in [2.24, 2.45) is 5.73 Å². The van der Waals surface area contributed by atoms with E-state index in [1.165, 1.54) is 69.0 Å². The van der Waals surface area contributed by atoms with Crippen molar-refractivity contribution in [2.75, 3.05) is 116 Å². The van der Waals surface area contributed by atoms with Crippen LogP contribution in [0.3, 0.4) is 0 Å². The van der Waals surface area contributed by atoms with Crippen molar-refractivity contribution in [2.45, 2.75) is 19.6 Å². The number of amides is 1. The van der Waals surface area contributed by atoms with Gasteiger partial charge in [0.2, 0.25) is 0 Å². The first-order valence-electron chi connectivity index (χ1n) is 24.8. The minimum absolute atomic E-state index is 0. The summed E-state index contributed by atoms with van der Waals surface area (Å²) < 4.78 is 51.3. The van der Waals surface area contributed by atoms with Crippen LogP contribution in [0.4, 0.5) is 0 Å². The number of carbonyl (C=O) groups is 3. The molecule has 0 spiro atoms. The molecule has 6 aromatic rings. The summed E-state index contributed by atoms with van der Waals surface area (Å²) in [5.74, 6) is 1.15. The molecule has 0 aliphatic carbocycles. The van der Waals surface area contributed by atoms with Crippen molar-refractivity contribution in [3.63, 3.8) is 0 Å². The number of carbonyl (C=O) groups excluding carboxylic acids is 1. The van der Waals surface area contributed by atoms with Crippen LogP contribution in [0.5, 0.6) is 51.7 Å². The molecule has 0 atom stereocenters. The Morgan fingerprint density at radius 3 is 0.949 bits per heavy atom. The van der Waals surface area contributed by atoms with E-state index in [0.717, 1.165) is 0 Å². The summed E-state index contributed by atoms with van der Waals surface area (Å²) in [6.07, 6.45) is 0. The smallest absolute Gasteiger partial charge is 0.354 e. The molecule has 424 valence electrons. The predicted octanol–water partition coefficient (Wildman–Crippen LogP) is 5.85. The number of carboxylic acids is 2. The molecule has 5 N–H and O–H groups in total. The van der Waals surface area contributed by atoms with Gasteiger partial charge in [-0.15, -0.1) is 0 Å². The molecule has 0 bridgehead atoms. The van der Waals surface area contributed by atoms with Crippen LogP contribution in [0.2, 0.25) is 0 Å². The molecule has 1 aliphatic heterocycles. The number of rotatable bonds is 23. The molecule has 79 heavy (non-hydrogen) atoms. The number of hydrogen-bond acceptors (Lipinski definition) is 19. The van der Waals surface area contributed by atoms with Crippen LogP contribution in [-0.2, 0) is 19.6 Å². The normalized spacial score (nSPS) is 13.1. The Bertz CT molecular complexity index is 2910. The zero-order valence-electron chi connectivity index (χ0n) is 45.6. The summed E-state index contributed by atoms with van der Waals surface area (Å²) in [6, 6.07) is 20.4. The van der Waals surface area contributed by atoms with Gasteiger partial charge in [0.05, 0.1) is 97.8 Å². The number of nitrogens with zero attached hydrogens (tertiary/aromatic N) is 6. The van der Waals surface area contributed by atoms with E-state index in [0.29, 0.717) is 141 Å². The molecule has 0 saturated carbocycles. The number of ether oxygens (including phenoxy) is 9. The van der Waals surface area contributed by atoms with Crippen LogP contribution in [0.15, 0.2) is 72.8 Å². The number of hydrogen-bond donors (Lipinski definition) is 4. The van der Waals surface area contributed by atoms with E-state index in [-0.39, 0.29) is 88.0 Å². The van der Waals surface area contributed by atoms with Gasteiger partial charge in [-0.3, -0.25) is 19.5 Å². The van der Waals surface area contributed by atoms with Crippen LogP contribution in [0.25, 0.3) is 33.4 Å². The van der Waals surface area contributed by atoms with Gasteiger partial charge < -0.3 is 63.9 Å². The summed E-state index contributed by atoms with van der Waals surface area (Å²) in [7, 11) is 13.7. The summed E-state index contributed by atoms with van der Waals surface area (Å²) in [4.78, 5) is 59.9. The Labute approximate surface area is 489 Å². The summed E-state index contributed by atoms with van der Waals surface area (Å²) in [5, 5.41) is 23.6. The SMILES string of the molecule is COc1cc(OC)c(-c2cc(CN3CCN(Cc4cc(-c5c(OC)cc(OC)cc5OC)cc(C(=O)O)n4)CCN(Cc4cc(-c5c(OC)cc(OC)cc5OC)cc(C(=O)NCCN)n4)CC3)nc(C(=O)O)c2)c(OC)c1.[Dy]. The van der Waals surface area contributed by atoms with Crippen molar-refractivity contribution >= 4 is 17.8 Å². The van der Waals surface area contributed by atoms with E-state index in [2.05, 4.69) is 30.0 Å². The molecular formula is C56H66DyN8O14. The average molecular weight is 1240 g/mol. The van der Waals surface area contributed by atoms with Crippen molar-refractivity contribution in [3.05, 3.63) is 107 Å². The number of pyridine rings is 3. The van der Waals surface area contributed by atoms with Crippen molar-refractivity contribution in [3.8, 4) is 85.1 Å². The van der Waals surface area contributed by atoms with Gasteiger partial charge in [0, 0.05) is 147 Å². The van der Waals surface area contributed by atoms with Gasteiger partial charge in [0.1, 0.15) is 68.8 Å². The minimum Gasteiger partial charge on any atom is -0.496 e. The molecule has 3 aromatic carbocycles. The maximum Gasteiger partial charge on any atom is 0.354 e. The second kappa shape index (κ2) is 28.6. The molecule has 1 amide bonds. The molecule has 1 fully saturated rings. The average Bonchev–Trinajstić information content (AvgIpc) is 3.63. The Kier molecular flexibility index (Phi) is 22.1. The fourth-order valence-electron chi connectivity index (χ4n) is 9.27. The minimum atomic E-state index is -1.22. The van der Waals surface area contributed by atoms with E-state index < -0.39 is 17.8 Å². The molecule has 4 heterocycles. The van der Waals surface area contributed by atoms with Gasteiger partial charge in [-0.05, 0) is 53.1 Å². The third kappa shape index (κ3) is 14.9. The fraction of sp³-hybridized carbons (Fsp3) is 0.357. The molecule has 0 radical (unpaired) electrons. The van der Waals surface area contributed by atoms with Crippen molar-refractivity contribution in [1.29, 1.82) is 0 Å². The largest absolute Gasteiger partial charge is 0.496 e. The van der Waals surface area contributed by atoms with Crippen molar-refractivity contribution in [1.82, 2.24) is 35.0 Å². The standard InChI is InChI=1S/C56H66N8O14.Dy/c1-70-39-24-45(73-4)51(46(25-39)74-5)33-18-36(59-42(21-33)54(65)58-11-10-57)30-62-12-14-63(31-37-19-34(22-43(60-37)55(66)67)52-47(75-6)26-40(71-2)27-48(52)76-7)16-17-64(15-13-62)32-38-20-35(23-44(61-38)56(68)69)53-49(77-8)28-41(72-3)29-50(53)78-9;/h18-29H,10-17,30-32,57H2,1-9H3,(H,58,65)(H,66,67)(H,68,69);. The Morgan fingerprint density at radius 1 is 0.443 bits per heavy atom. The summed E-state index contributed by atoms with van der Waals surface area (Å²) in [6.45, 7) is 4.06. The van der Waals surface area contributed by atoms with Gasteiger partial charge in [-0.25, -0.2) is 24.5 Å². The number of aromatic carboxylic acids is 2. The second-order valence-corrected chi connectivity index (χ2v) is 17.9. The third-order valence-corrected chi connectivity index (χ3v) is 13.1. The van der Waals surface area contributed by atoms with Crippen LogP contribution in [-0.4, -0.2) is 174 Å². The van der Waals surface area contributed by atoms with Gasteiger partial charge >= 0.3 is 11.9 Å². The van der Waals surface area contributed by atoms with Crippen molar-refractivity contribution < 1.29 is 105 Å². The maximum absolute atomic E-state index is 13.7. The summed E-state index contributed by atoms with van der Waals surface area (Å²) >= 11 is 0. The Balaban J connectivity index is 0.0000101. The quantitative estimate of drug-likeness (QED) is 0.0586. The molecule has 23 heteroatoms.